The lowest BCUT2D eigenvalue weighted by Crippen LogP contribution is -2.43. The third kappa shape index (κ3) is 2.74. The molecule has 0 aliphatic carbocycles. The predicted molar refractivity (Wildman–Crippen MR) is 86.0 cm³/mol. The number of amides is 1. The number of hydrogen-bond donors (Lipinski definition) is 4. The van der Waals surface area contributed by atoms with E-state index in [0.717, 1.165) is 0 Å². The quantitative estimate of drug-likeness (QED) is 0.699. The fourth-order valence-electron chi connectivity index (χ4n) is 2.43. The first-order valence-corrected chi connectivity index (χ1v) is 7.01. The molecule has 0 unspecified atom stereocenters. The molecule has 0 bridgehead atoms. The molecule has 0 fully saturated rings. The number of nitrogens with zero attached hydrogens (tertiary/aromatic N) is 1. The standard InChI is InChI=1S/C17H15N3O3/c18-16-15(11-6-2-1-3-7-11)14(22)10-20(16)19-17(23)12-8-4-5-9-13(12)21/h1-9,18,21-22H,10H2,(H,19,23). The summed E-state index contributed by atoms with van der Waals surface area (Å²) in [5, 5.41) is 29.2. The molecule has 2 aromatic carbocycles. The summed E-state index contributed by atoms with van der Waals surface area (Å²) in [4.78, 5) is 12.2. The molecule has 1 heterocycles. The van der Waals surface area contributed by atoms with Gasteiger partial charge in [0.2, 0.25) is 0 Å². The summed E-state index contributed by atoms with van der Waals surface area (Å²) >= 11 is 0. The van der Waals surface area contributed by atoms with Crippen LogP contribution < -0.4 is 5.43 Å². The van der Waals surface area contributed by atoms with E-state index in [1.54, 1.807) is 24.3 Å². The van der Waals surface area contributed by atoms with Crippen LogP contribution in [0.2, 0.25) is 0 Å². The van der Waals surface area contributed by atoms with Crippen LogP contribution in [-0.4, -0.2) is 33.5 Å². The number of hydrogen-bond acceptors (Lipinski definition) is 4. The maximum absolute atomic E-state index is 12.2. The topological polar surface area (TPSA) is 96.7 Å². The van der Waals surface area contributed by atoms with Crippen molar-refractivity contribution >= 4 is 17.3 Å². The van der Waals surface area contributed by atoms with Crippen LogP contribution in [0.1, 0.15) is 15.9 Å². The van der Waals surface area contributed by atoms with Crippen molar-refractivity contribution in [2.24, 2.45) is 0 Å². The molecule has 6 heteroatoms. The fraction of sp³-hybridized carbons (Fsp3) is 0.0588. The summed E-state index contributed by atoms with van der Waals surface area (Å²) in [6.07, 6.45) is 0. The number of para-hydroxylation sites is 1. The lowest BCUT2D eigenvalue weighted by Gasteiger charge is -2.20. The first-order chi connectivity index (χ1) is 11.1. The average Bonchev–Trinajstić information content (AvgIpc) is 2.82. The van der Waals surface area contributed by atoms with E-state index < -0.39 is 5.91 Å². The second-order valence-electron chi connectivity index (χ2n) is 5.08. The van der Waals surface area contributed by atoms with Crippen LogP contribution in [0.15, 0.2) is 60.4 Å². The molecule has 0 spiro atoms. The van der Waals surface area contributed by atoms with Gasteiger partial charge in [0.15, 0.2) is 5.84 Å². The number of aliphatic hydroxyl groups excluding tert-OH is 1. The van der Waals surface area contributed by atoms with Gasteiger partial charge in [-0.15, -0.1) is 0 Å². The number of phenols is 1. The summed E-state index contributed by atoms with van der Waals surface area (Å²) in [6.45, 7) is 0.00238. The molecule has 4 N–H and O–H groups in total. The number of aliphatic hydroxyl groups is 1. The van der Waals surface area contributed by atoms with Crippen molar-refractivity contribution < 1.29 is 15.0 Å². The molecule has 6 nitrogen and oxygen atoms in total. The largest absolute Gasteiger partial charge is 0.510 e. The monoisotopic (exact) mass is 309 g/mol. The molecule has 116 valence electrons. The van der Waals surface area contributed by atoms with Crippen LogP contribution in [0.3, 0.4) is 0 Å². The average molecular weight is 309 g/mol. The zero-order valence-corrected chi connectivity index (χ0v) is 12.2. The van der Waals surface area contributed by atoms with Crippen molar-refractivity contribution in [1.29, 1.82) is 5.41 Å². The van der Waals surface area contributed by atoms with Crippen LogP contribution in [-0.2, 0) is 0 Å². The van der Waals surface area contributed by atoms with Gasteiger partial charge in [-0.3, -0.25) is 20.6 Å². The first-order valence-electron chi connectivity index (χ1n) is 7.01. The maximum Gasteiger partial charge on any atom is 0.273 e. The highest BCUT2D eigenvalue weighted by Gasteiger charge is 2.29. The Balaban J connectivity index is 1.79. The van der Waals surface area contributed by atoms with Crippen molar-refractivity contribution in [2.45, 2.75) is 0 Å². The molecule has 0 atom stereocenters. The molecule has 0 aromatic heterocycles. The van der Waals surface area contributed by atoms with Gasteiger partial charge in [-0.1, -0.05) is 42.5 Å². The molecule has 1 aliphatic rings. The Bertz CT molecular complexity index is 800. The summed E-state index contributed by atoms with van der Waals surface area (Å²) in [7, 11) is 0. The summed E-state index contributed by atoms with van der Waals surface area (Å²) in [5.74, 6) is -0.678. The highest BCUT2D eigenvalue weighted by Crippen LogP contribution is 2.26. The Morgan fingerprint density at radius 2 is 1.70 bits per heavy atom. The van der Waals surface area contributed by atoms with Gasteiger partial charge in [-0.25, -0.2) is 0 Å². The van der Waals surface area contributed by atoms with Gasteiger partial charge in [0.1, 0.15) is 11.5 Å². The van der Waals surface area contributed by atoms with E-state index in [-0.39, 0.29) is 29.5 Å². The SMILES string of the molecule is N=C1C(c2ccccc2)=C(O)CN1NC(=O)c1ccccc1O. The van der Waals surface area contributed by atoms with E-state index in [9.17, 15) is 15.0 Å². The maximum atomic E-state index is 12.2. The lowest BCUT2D eigenvalue weighted by atomic mass is 10.1. The molecule has 0 saturated carbocycles. The van der Waals surface area contributed by atoms with Crippen LogP contribution in [0, 0.1) is 5.41 Å². The fourth-order valence-corrected chi connectivity index (χ4v) is 2.43. The summed E-state index contributed by atoms with van der Waals surface area (Å²) in [6, 6.07) is 15.2. The minimum Gasteiger partial charge on any atom is -0.510 e. The Morgan fingerprint density at radius 3 is 2.39 bits per heavy atom. The molecule has 2 aromatic rings. The van der Waals surface area contributed by atoms with Crippen LogP contribution >= 0.6 is 0 Å². The molecule has 1 aliphatic heterocycles. The van der Waals surface area contributed by atoms with Gasteiger partial charge in [-0.05, 0) is 17.7 Å². The Labute approximate surface area is 132 Å². The Kier molecular flexibility index (Phi) is 3.72. The number of rotatable bonds is 3. The van der Waals surface area contributed by atoms with E-state index in [0.29, 0.717) is 11.1 Å². The number of hydrazine groups is 1. The summed E-state index contributed by atoms with van der Waals surface area (Å²) < 4.78 is 0. The number of carbonyl (C=O) groups is 1. The van der Waals surface area contributed by atoms with Crippen LogP contribution in [0.4, 0.5) is 0 Å². The van der Waals surface area contributed by atoms with Crippen molar-refractivity contribution in [3.63, 3.8) is 0 Å². The molecule has 1 amide bonds. The number of carbonyl (C=O) groups excluding carboxylic acids is 1. The Hall–Kier alpha value is -3.28. The minimum absolute atomic E-state index is 0.00234. The van der Waals surface area contributed by atoms with E-state index in [2.05, 4.69) is 5.43 Å². The van der Waals surface area contributed by atoms with E-state index in [1.807, 2.05) is 18.2 Å². The van der Waals surface area contributed by atoms with Gasteiger partial charge < -0.3 is 10.2 Å². The number of benzene rings is 2. The third-order valence-electron chi connectivity index (χ3n) is 3.55. The molecular weight excluding hydrogens is 294 g/mol. The van der Waals surface area contributed by atoms with Crippen molar-refractivity contribution in [2.75, 3.05) is 6.54 Å². The first kappa shape index (κ1) is 14.6. The van der Waals surface area contributed by atoms with Gasteiger partial charge in [0.25, 0.3) is 5.91 Å². The predicted octanol–water partition coefficient (Wildman–Crippen LogP) is 2.30. The van der Waals surface area contributed by atoms with E-state index in [4.69, 9.17) is 5.41 Å². The summed E-state index contributed by atoms with van der Waals surface area (Å²) in [5.41, 5.74) is 3.71. The van der Waals surface area contributed by atoms with Gasteiger partial charge in [0.05, 0.1) is 17.7 Å². The molecule has 0 radical (unpaired) electrons. The zero-order valence-electron chi connectivity index (χ0n) is 12.2. The smallest absolute Gasteiger partial charge is 0.273 e. The highest BCUT2D eigenvalue weighted by molar-refractivity contribution is 6.24. The molecule has 0 saturated heterocycles. The van der Waals surface area contributed by atoms with E-state index >= 15 is 0 Å². The van der Waals surface area contributed by atoms with Crippen molar-refractivity contribution in [3.05, 3.63) is 71.5 Å². The normalized spacial score (nSPS) is 14.3. The van der Waals surface area contributed by atoms with Crippen LogP contribution in [0.5, 0.6) is 5.75 Å². The Morgan fingerprint density at radius 1 is 1.04 bits per heavy atom. The number of amidine groups is 1. The number of phenolic OH excluding ortho intramolecular Hbond substituents is 1. The number of aromatic hydroxyl groups is 1. The third-order valence-corrected chi connectivity index (χ3v) is 3.55. The molecular formula is C17H15N3O3. The van der Waals surface area contributed by atoms with E-state index in [1.165, 1.54) is 17.1 Å². The second-order valence-corrected chi connectivity index (χ2v) is 5.08. The zero-order chi connectivity index (χ0) is 16.4. The van der Waals surface area contributed by atoms with Crippen LogP contribution in [0.25, 0.3) is 5.57 Å². The van der Waals surface area contributed by atoms with Crippen molar-refractivity contribution in [3.8, 4) is 5.75 Å². The molecule has 3 rings (SSSR count). The van der Waals surface area contributed by atoms with Gasteiger partial charge >= 0.3 is 0 Å². The van der Waals surface area contributed by atoms with Crippen molar-refractivity contribution in [1.82, 2.24) is 10.4 Å². The minimum atomic E-state index is -0.546. The molecule has 23 heavy (non-hydrogen) atoms. The number of nitrogens with one attached hydrogen (secondary N) is 2. The van der Waals surface area contributed by atoms with Gasteiger partial charge in [0, 0.05) is 0 Å². The van der Waals surface area contributed by atoms with Gasteiger partial charge in [-0.2, -0.15) is 0 Å². The second kappa shape index (κ2) is 5.84. The highest BCUT2D eigenvalue weighted by atomic mass is 16.3. The lowest BCUT2D eigenvalue weighted by molar-refractivity contribution is 0.0872.